The lowest BCUT2D eigenvalue weighted by molar-refractivity contribution is -0.889. The van der Waals surface area contributed by atoms with Crippen molar-refractivity contribution in [1.29, 1.82) is 0 Å². The zero-order valence-corrected chi connectivity index (χ0v) is 9.41. The van der Waals surface area contributed by atoms with Gasteiger partial charge >= 0.3 is 0 Å². The molecule has 0 radical (unpaired) electrons. The van der Waals surface area contributed by atoms with Gasteiger partial charge in [0.1, 0.15) is 0 Å². The van der Waals surface area contributed by atoms with Gasteiger partial charge in [-0.15, -0.1) is 0 Å². The Hall–Kier alpha value is -0.860. The van der Waals surface area contributed by atoms with Gasteiger partial charge < -0.3 is 10.6 Å². The molecular formula is C13H22N2+2. The highest BCUT2D eigenvalue weighted by Gasteiger charge is 2.25. The molecule has 82 valence electrons. The SMILES string of the molecule is [NH3+]C[C@H]1CC[NH+](CCc2ccccc2)C1. The van der Waals surface area contributed by atoms with Crippen LogP contribution in [0.1, 0.15) is 12.0 Å². The molecule has 1 saturated heterocycles. The van der Waals surface area contributed by atoms with Crippen LogP contribution in [0, 0.1) is 5.92 Å². The Morgan fingerprint density at radius 2 is 2.07 bits per heavy atom. The number of hydrogen-bond donors (Lipinski definition) is 2. The summed E-state index contributed by atoms with van der Waals surface area (Å²) in [6.45, 7) is 5.11. The van der Waals surface area contributed by atoms with Crippen molar-refractivity contribution in [1.82, 2.24) is 0 Å². The molecule has 1 aliphatic heterocycles. The predicted molar refractivity (Wildman–Crippen MR) is 61.6 cm³/mol. The molecule has 1 aromatic rings. The standard InChI is InChI=1S/C13H20N2/c14-10-13-7-9-15(11-13)8-6-12-4-2-1-3-5-12/h1-5,13H,6-11,14H2/p+2/t13-/m1/s1. The molecule has 0 saturated carbocycles. The minimum Gasteiger partial charge on any atom is -0.357 e. The largest absolute Gasteiger partial charge is 0.357 e. The first-order chi connectivity index (χ1) is 7.38. The monoisotopic (exact) mass is 206 g/mol. The number of benzene rings is 1. The van der Waals surface area contributed by atoms with E-state index in [1.165, 1.54) is 38.0 Å². The molecule has 2 atom stereocenters. The van der Waals surface area contributed by atoms with Crippen molar-refractivity contribution in [2.75, 3.05) is 26.2 Å². The van der Waals surface area contributed by atoms with Crippen LogP contribution in [-0.2, 0) is 6.42 Å². The molecule has 1 heterocycles. The van der Waals surface area contributed by atoms with Gasteiger partial charge in [0.25, 0.3) is 0 Å². The molecule has 1 aromatic carbocycles. The summed E-state index contributed by atoms with van der Waals surface area (Å²) in [5.41, 5.74) is 5.48. The summed E-state index contributed by atoms with van der Waals surface area (Å²) in [5.74, 6) is 0.885. The molecule has 0 bridgehead atoms. The Bertz CT molecular complexity index is 284. The Labute approximate surface area is 92.1 Å². The van der Waals surface area contributed by atoms with Gasteiger partial charge in [-0.3, -0.25) is 0 Å². The summed E-state index contributed by atoms with van der Waals surface area (Å²) in [7, 11) is 0. The highest BCUT2D eigenvalue weighted by molar-refractivity contribution is 5.14. The molecule has 2 rings (SSSR count). The maximum Gasteiger partial charge on any atom is 0.0856 e. The quantitative estimate of drug-likeness (QED) is 0.658. The van der Waals surface area contributed by atoms with Crippen molar-refractivity contribution in [3.63, 3.8) is 0 Å². The van der Waals surface area contributed by atoms with Crippen molar-refractivity contribution in [2.24, 2.45) is 5.92 Å². The summed E-state index contributed by atoms with van der Waals surface area (Å²) in [5, 5.41) is 0. The fourth-order valence-electron chi connectivity index (χ4n) is 2.46. The van der Waals surface area contributed by atoms with Crippen LogP contribution in [-0.4, -0.2) is 26.2 Å². The molecular weight excluding hydrogens is 184 g/mol. The highest BCUT2D eigenvalue weighted by Crippen LogP contribution is 2.01. The summed E-state index contributed by atoms with van der Waals surface area (Å²) in [6.07, 6.45) is 2.60. The van der Waals surface area contributed by atoms with Crippen LogP contribution in [0.3, 0.4) is 0 Å². The summed E-state index contributed by atoms with van der Waals surface area (Å²) < 4.78 is 0. The van der Waals surface area contributed by atoms with E-state index in [2.05, 4.69) is 36.1 Å². The second-order valence-corrected chi connectivity index (χ2v) is 4.63. The van der Waals surface area contributed by atoms with Crippen LogP contribution in [0.5, 0.6) is 0 Å². The van der Waals surface area contributed by atoms with E-state index in [0.717, 1.165) is 12.5 Å². The summed E-state index contributed by atoms with van der Waals surface area (Å²) in [4.78, 5) is 1.77. The number of rotatable bonds is 4. The van der Waals surface area contributed by atoms with Crippen LogP contribution < -0.4 is 10.6 Å². The average Bonchev–Trinajstić information content (AvgIpc) is 2.76. The van der Waals surface area contributed by atoms with Gasteiger partial charge in [0.05, 0.1) is 32.1 Å². The third-order valence-corrected chi connectivity index (χ3v) is 3.50. The van der Waals surface area contributed by atoms with E-state index in [-0.39, 0.29) is 0 Å². The first kappa shape index (κ1) is 10.7. The van der Waals surface area contributed by atoms with E-state index in [1.54, 1.807) is 4.90 Å². The molecule has 4 N–H and O–H groups in total. The summed E-state index contributed by atoms with van der Waals surface area (Å²) >= 11 is 0. The van der Waals surface area contributed by atoms with Gasteiger partial charge in [-0.05, 0) is 5.56 Å². The predicted octanol–water partition coefficient (Wildman–Crippen LogP) is -0.624. The van der Waals surface area contributed by atoms with E-state index in [9.17, 15) is 0 Å². The van der Waals surface area contributed by atoms with Gasteiger partial charge in [-0.2, -0.15) is 0 Å². The minimum atomic E-state index is 0.885. The molecule has 2 heteroatoms. The maximum atomic E-state index is 4.01. The minimum absolute atomic E-state index is 0.885. The molecule has 1 aliphatic rings. The van der Waals surface area contributed by atoms with Crippen molar-refractivity contribution >= 4 is 0 Å². The average molecular weight is 206 g/mol. The normalized spacial score (nSPS) is 25.7. The lowest BCUT2D eigenvalue weighted by Crippen LogP contribution is -3.10. The molecule has 0 aromatic heterocycles. The van der Waals surface area contributed by atoms with E-state index in [4.69, 9.17) is 0 Å². The van der Waals surface area contributed by atoms with E-state index in [1.807, 2.05) is 0 Å². The van der Waals surface area contributed by atoms with E-state index in [0.29, 0.717) is 0 Å². The zero-order valence-electron chi connectivity index (χ0n) is 9.41. The van der Waals surface area contributed by atoms with Crippen LogP contribution >= 0.6 is 0 Å². The number of likely N-dealkylation sites (tertiary alicyclic amines) is 1. The fraction of sp³-hybridized carbons (Fsp3) is 0.538. The first-order valence-corrected chi connectivity index (χ1v) is 6.05. The fourth-order valence-corrected chi connectivity index (χ4v) is 2.46. The van der Waals surface area contributed by atoms with Crippen LogP contribution in [0.15, 0.2) is 30.3 Å². The zero-order chi connectivity index (χ0) is 10.5. The van der Waals surface area contributed by atoms with Crippen molar-refractivity contribution < 1.29 is 10.6 Å². The molecule has 0 amide bonds. The first-order valence-electron chi connectivity index (χ1n) is 6.05. The number of quaternary nitrogens is 2. The second-order valence-electron chi connectivity index (χ2n) is 4.63. The van der Waals surface area contributed by atoms with E-state index >= 15 is 0 Å². The second kappa shape index (κ2) is 5.29. The van der Waals surface area contributed by atoms with Crippen LogP contribution in [0.4, 0.5) is 0 Å². The van der Waals surface area contributed by atoms with Gasteiger partial charge in [-0.1, -0.05) is 30.3 Å². The number of nitrogens with one attached hydrogen (secondary N) is 1. The van der Waals surface area contributed by atoms with Gasteiger partial charge in [-0.25, -0.2) is 0 Å². The Kier molecular flexibility index (Phi) is 3.75. The molecule has 15 heavy (non-hydrogen) atoms. The molecule has 0 spiro atoms. The van der Waals surface area contributed by atoms with Crippen molar-refractivity contribution in [2.45, 2.75) is 12.8 Å². The highest BCUT2D eigenvalue weighted by atomic mass is 15.1. The topological polar surface area (TPSA) is 32.1 Å². The lowest BCUT2D eigenvalue weighted by atomic mass is 10.1. The lowest BCUT2D eigenvalue weighted by Gasteiger charge is -2.12. The Balaban J connectivity index is 1.75. The van der Waals surface area contributed by atoms with E-state index < -0.39 is 0 Å². The summed E-state index contributed by atoms with van der Waals surface area (Å²) in [6, 6.07) is 10.8. The third-order valence-electron chi connectivity index (χ3n) is 3.50. The van der Waals surface area contributed by atoms with Gasteiger partial charge in [0.15, 0.2) is 0 Å². The van der Waals surface area contributed by atoms with Crippen LogP contribution in [0.2, 0.25) is 0 Å². The van der Waals surface area contributed by atoms with Gasteiger partial charge in [0, 0.05) is 12.8 Å². The van der Waals surface area contributed by atoms with Crippen molar-refractivity contribution in [3.8, 4) is 0 Å². The number of hydrogen-bond acceptors (Lipinski definition) is 0. The third kappa shape index (κ3) is 3.05. The molecule has 1 unspecified atom stereocenters. The van der Waals surface area contributed by atoms with Crippen molar-refractivity contribution in [3.05, 3.63) is 35.9 Å². The molecule has 2 nitrogen and oxygen atoms in total. The Morgan fingerprint density at radius 1 is 1.27 bits per heavy atom. The maximum absolute atomic E-state index is 4.01. The molecule has 0 aliphatic carbocycles. The Morgan fingerprint density at radius 3 is 2.73 bits per heavy atom. The smallest absolute Gasteiger partial charge is 0.0856 e. The van der Waals surface area contributed by atoms with Gasteiger partial charge in [0.2, 0.25) is 0 Å². The van der Waals surface area contributed by atoms with Crippen LogP contribution in [0.25, 0.3) is 0 Å². The molecule has 1 fully saturated rings.